The van der Waals surface area contributed by atoms with E-state index in [0.29, 0.717) is 17.3 Å². The summed E-state index contributed by atoms with van der Waals surface area (Å²) in [6.45, 7) is 1.83. The van der Waals surface area contributed by atoms with Gasteiger partial charge in [-0.1, -0.05) is 12.1 Å². The fourth-order valence-electron chi connectivity index (χ4n) is 2.42. The number of nitro benzene ring substituents is 1. The molecule has 0 atom stereocenters. The standard InChI is InChI=1S/C15H13N3O3/c1-10-16-12-5-3-4-6-13(12)17(10)14-8-7-11(21-2)9-15(14)18(19)20/h3-9H,1-2H3. The van der Waals surface area contributed by atoms with Crippen molar-refractivity contribution in [3.05, 3.63) is 58.4 Å². The van der Waals surface area contributed by atoms with E-state index in [4.69, 9.17) is 4.74 Å². The topological polar surface area (TPSA) is 70.2 Å². The highest BCUT2D eigenvalue weighted by atomic mass is 16.6. The van der Waals surface area contributed by atoms with E-state index in [0.717, 1.165) is 11.0 Å². The summed E-state index contributed by atoms with van der Waals surface area (Å²) in [5.74, 6) is 1.15. The Hall–Kier alpha value is -2.89. The third-order valence-electron chi connectivity index (χ3n) is 3.35. The SMILES string of the molecule is COc1ccc(-n2c(C)nc3ccccc32)c([N+](=O)[O-])c1. The largest absolute Gasteiger partial charge is 0.496 e. The highest BCUT2D eigenvalue weighted by Gasteiger charge is 2.20. The Labute approximate surface area is 120 Å². The van der Waals surface area contributed by atoms with Crippen molar-refractivity contribution in [3.8, 4) is 11.4 Å². The molecule has 106 valence electrons. The minimum Gasteiger partial charge on any atom is -0.496 e. The normalized spacial score (nSPS) is 10.8. The summed E-state index contributed by atoms with van der Waals surface area (Å²) >= 11 is 0. The molecular weight excluding hydrogens is 270 g/mol. The molecule has 6 nitrogen and oxygen atoms in total. The van der Waals surface area contributed by atoms with Crippen LogP contribution < -0.4 is 4.74 Å². The zero-order valence-electron chi connectivity index (χ0n) is 11.6. The highest BCUT2D eigenvalue weighted by Crippen LogP contribution is 2.31. The Morgan fingerprint density at radius 3 is 2.71 bits per heavy atom. The van der Waals surface area contributed by atoms with Crippen LogP contribution in [0.4, 0.5) is 5.69 Å². The lowest BCUT2D eigenvalue weighted by Gasteiger charge is -2.09. The Kier molecular flexibility index (Phi) is 3.06. The average Bonchev–Trinajstić information content (AvgIpc) is 2.82. The number of hydrogen-bond donors (Lipinski definition) is 0. The van der Waals surface area contributed by atoms with Crippen molar-refractivity contribution >= 4 is 16.7 Å². The van der Waals surface area contributed by atoms with E-state index in [1.807, 2.05) is 31.2 Å². The van der Waals surface area contributed by atoms with Crippen molar-refractivity contribution in [1.29, 1.82) is 0 Å². The lowest BCUT2D eigenvalue weighted by Crippen LogP contribution is -2.02. The summed E-state index contributed by atoms with van der Waals surface area (Å²) in [7, 11) is 1.48. The van der Waals surface area contributed by atoms with E-state index < -0.39 is 4.92 Å². The quantitative estimate of drug-likeness (QED) is 0.546. The molecule has 0 N–H and O–H groups in total. The zero-order valence-corrected chi connectivity index (χ0v) is 11.6. The molecule has 0 aliphatic heterocycles. The first kappa shape index (κ1) is 13.1. The lowest BCUT2D eigenvalue weighted by atomic mass is 10.2. The predicted molar refractivity (Wildman–Crippen MR) is 79.0 cm³/mol. The van der Waals surface area contributed by atoms with Crippen LogP contribution in [-0.4, -0.2) is 21.6 Å². The van der Waals surface area contributed by atoms with Crippen LogP contribution in [-0.2, 0) is 0 Å². The van der Waals surface area contributed by atoms with Crippen molar-refractivity contribution in [3.63, 3.8) is 0 Å². The molecule has 1 aromatic heterocycles. The molecule has 3 aromatic rings. The van der Waals surface area contributed by atoms with Gasteiger partial charge in [0, 0.05) is 0 Å². The van der Waals surface area contributed by atoms with Crippen LogP contribution in [0.3, 0.4) is 0 Å². The molecule has 0 saturated carbocycles. The van der Waals surface area contributed by atoms with Crippen LogP contribution in [0.2, 0.25) is 0 Å². The molecule has 0 amide bonds. The summed E-state index contributed by atoms with van der Waals surface area (Å²) in [4.78, 5) is 15.4. The molecule has 0 radical (unpaired) electrons. The van der Waals surface area contributed by atoms with E-state index in [1.54, 1.807) is 16.7 Å². The molecule has 2 aromatic carbocycles. The number of methoxy groups -OCH3 is 1. The minimum atomic E-state index is -0.411. The van der Waals surface area contributed by atoms with Gasteiger partial charge in [0.2, 0.25) is 0 Å². The molecule has 0 bridgehead atoms. The zero-order chi connectivity index (χ0) is 15.0. The van der Waals surface area contributed by atoms with Gasteiger partial charge in [-0.25, -0.2) is 4.98 Å². The first-order chi connectivity index (χ1) is 10.1. The van der Waals surface area contributed by atoms with E-state index in [1.165, 1.54) is 13.2 Å². The van der Waals surface area contributed by atoms with E-state index in [-0.39, 0.29) is 5.69 Å². The fraction of sp³-hybridized carbons (Fsp3) is 0.133. The predicted octanol–water partition coefficient (Wildman–Crippen LogP) is 3.25. The number of nitrogens with zero attached hydrogens (tertiary/aromatic N) is 3. The molecule has 0 aliphatic carbocycles. The van der Waals surface area contributed by atoms with Gasteiger partial charge in [-0.2, -0.15) is 0 Å². The number of rotatable bonds is 3. The molecular formula is C15H13N3O3. The Morgan fingerprint density at radius 1 is 1.24 bits per heavy atom. The van der Waals surface area contributed by atoms with E-state index >= 15 is 0 Å². The summed E-state index contributed by atoms with van der Waals surface area (Å²) in [6, 6.07) is 12.4. The number of nitro groups is 1. The maximum Gasteiger partial charge on any atom is 0.296 e. The van der Waals surface area contributed by atoms with Gasteiger partial charge < -0.3 is 4.74 Å². The molecule has 1 heterocycles. The van der Waals surface area contributed by atoms with Crippen molar-refractivity contribution in [2.24, 2.45) is 0 Å². The fourth-order valence-corrected chi connectivity index (χ4v) is 2.42. The summed E-state index contributed by atoms with van der Waals surface area (Å²) in [5.41, 5.74) is 2.11. The summed E-state index contributed by atoms with van der Waals surface area (Å²) in [6.07, 6.45) is 0. The molecule has 0 fully saturated rings. The van der Waals surface area contributed by atoms with Crippen LogP contribution in [0, 0.1) is 17.0 Å². The van der Waals surface area contributed by atoms with E-state index in [2.05, 4.69) is 4.98 Å². The average molecular weight is 283 g/mol. The van der Waals surface area contributed by atoms with Gasteiger partial charge in [-0.3, -0.25) is 14.7 Å². The third kappa shape index (κ3) is 2.10. The minimum absolute atomic E-state index is 0.0133. The Morgan fingerprint density at radius 2 is 2.00 bits per heavy atom. The molecule has 0 aliphatic rings. The highest BCUT2D eigenvalue weighted by molar-refractivity contribution is 5.79. The van der Waals surface area contributed by atoms with Gasteiger partial charge in [0.1, 0.15) is 17.3 Å². The first-order valence-corrected chi connectivity index (χ1v) is 6.38. The van der Waals surface area contributed by atoms with Crippen LogP contribution in [0.15, 0.2) is 42.5 Å². The second-order valence-corrected chi connectivity index (χ2v) is 4.59. The van der Waals surface area contributed by atoms with Gasteiger partial charge in [0.05, 0.1) is 29.1 Å². The van der Waals surface area contributed by atoms with Gasteiger partial charge in [-0.15, -0.1) is 0 Å². The van der Waals surface area contributed by atoms with Crippen LogP contribution >= 0.6 is 0 Å². The van der Waals surface area contributed by atoms with Crippen molar-refractivity contribution in [2.45, 2.75) is 6.92 Å². The number of benzene rings is 2. The summed E-state index contributed by atoms with van der Waals surface area (Å²) in [5, 5.41) is 11.3. The number of para-hydroxylation sites is 2. The maximum absolute atomic E-state index is 11.3. The third-order valence-corrected chi connectivity index (χ3v) is 3.35. The first-order valence-electron chi connectivity index (χ1n) is 6.38. The Bertz CT molecular complexity index is 839. The number of fused-ring (bicyclic) bond motifs is 1. The number of hydrogen-bond acceptors (Lipinski definition) is 4. The van der Waals surface area contributed by atoms with Crippen LogP contribution in [0.25, 0.3) is 16.7 Å². The second-order valence-electron chi connectivity index (χ2n) is 4.59. The number of ether oxygens (including phenoxy) is 1. The Balaban J connectivity index is 2.32. The number of aromatic nitrogens is 2. The van der Waals surface area contributed by atoms with Crippen molar-refractivity contribution in [2.75, 3.05) is 7.11 Å². The smallest absolute Gasteiger partial charge is 0.296 e. The number of imidazole rings is 1. The molecule has 0 unspecified atom stereocenters. The molecule has 21 heavy (non-hydrogen) atoms. The van der Waals surface area contributed by atoms with Crippen molar-refractivity contribution < 1.29 is 9.66 Å². The molecule has 3 rings (SSSR count). The lowest BCUT2D eigenvalue weighted by molar-refractivity contribution is -0.384. The van der Waals surface area contributed by atoms with Crippen molar-refractivity contribution in [1.82, 2.24) is 9.55 Å². The second kappa shape index (κ2) is 4.90. The molecule has 6 heteroatoms. The van der Waals surface area contributed by atoms with Gasteiger partial charge in [0.25, 0.3) is 5.69 Å². The van der Waals surface area contributed by atoms with Gasteiger partial charge >= 0.3 is 0 Å². The molecule has 0 saturated heterocycles. The monoisotopic (exact) mass is 283 g/mol. The molecule has 0 spiro atoms. The maximum atomic E-state index is 11.3. The number of aryl methyl sites for hydroxylation is 1. The van der Waals surface area contributed by atoms with E-state index in [9.17, 15) is 10.1 Å². The van der Waals surface area contributed by atoms with Crippen LogP contribution in [0.1, 0.15) is 5.82 Å². The van der Waals surface area contributed by atoms with Gasteiger partial charge in [-0.05, 0) is 31.2 Å². The summed E-state index contributed by atoms with van der Waals surface area (Å²) < 4.78 is 6.85. The van der Waals surface area contributed by atoms with Crippen LogP contribution in [0.5, 0.6) is 5.75 Å². The van der Waals surface area contributed by atoms with Gasteiger partial charge in [0.15, 0.2) is 0 Å².